The molecule has 0 unspecified atom stereocenters. The van der Waals surface area contributed by atoms with Crippen molar-refractivity contribution in [1.29, 1.82) is 0 Å². The van der Waals surface area contributed by atoms with E-state index in [1.165, 1.54) is 4.90 Å². The van der Waals surface area contributed by atoms with Crippen LogP contribution in [-0.4, -0.2) is 48.6 Å². The van der Waals surface area contributed by atoms with E-state index < -0.39 is 23.7 Å². The summed E-state index contributed by atoms with van der Waals surface area (Å²) in [5.41, 5.74) is 0.142. The van der Waals surface area contributed by atoms with Gasteiger partial charge < -0.3 is 19.7 Å². The van der Waals surface area contributed by atoms with E-state index in [1.54, 1.807) is 34.9 Å². The van der Waals surface area contributed by atoms with Crippen molar-refractivity contribution in [3.8, 4) is 0 Å². The zero-order valence-electron chi connectivity index (χ0n) is 16.1. The van der Waals surface area contributed by atoms with E-state index in [9.17, 15) is 14.4 Å². The lowest BCUT2D eigenvalue weighted by atomic mass is 10.1. The van der Waals surface area contributed by atoms with Gasteiger partial charge in [0.2, 0.25) is 5.91 Å². The van der Waals surface area contributed by atoms with Crippen LogP contribution in [0.25, 0.3) is 0 Å². The van der Waals surface area contributed by atoms with Crippen LogP contribution in [-0.2, 0) is 25.7 Å². The number of carbonyl (C=O) groups excluding carboxylic acids is 3. The van der Waals surface area contributed by atoms with Crippen LogP contribution in [0.2, 0.25) is 0 Å². The maximum absolute atomic E-state index is 12.4. The fraction of sp³-hybridized carbons (Fsp3) is 0.526. The summed E-state index contributed by atoms with van der Waals surface area (Å²) < 4.78 is 10.5. The molecule has 1 N–H and O–H groups in total. The predicted octanol–water partition coefficient (Wildman–Crippen LogP) is 2.49. The molecule has 0 saturated heterocycles. The van der Waals surface area contributed by atoms with E-state index in [0.717, 1.165) is 5.56 Å². The molecular weight excluding hydrogens is 336 g/mol. The molecule has 1 atom stereocenters. The van der Waals surface area contributed by atoms with Crippen LogP contribution < -0.4 is 5.32 Å². The normalized spacial score (nSPS) is 12.0. The Morgan fingerprint density at radius 3 is 2.27 bits per heavy atom. The Balaban J connectivity index is 2.69. The largest absolute Gasteiger partial charge is 0.459 e. The highest BCUT2D eigenvalue weighted by Gasteiger charge is 2.26. The number of ether oxygens (including phenoxy) is 2. The third kappa shape index (κ3) is 8.50. The van der Waals surface area contributed by atoms with Crippen molar-refractivity contribution < 1.29 is 23.9 Å². The summed E-state index contributed by atoms with van der Waals surface area (Å²) in [6, 6.07) is 8.26. The van der Waals surface area contributed by atoms with Crippen molar-refractivity contribution in [3.05, 3.63) is 35.9 Å². The number of hydrogen-bond donors (Lipinski definition) is 1. The van der Waals surface area contributed by atoms with Gasteiger partial charge in [-0.15, -0.1) is 0 Å². The van der Waals surface area contributed by atoms with Gasteiger partial charge in [0.1, 0.15) is 18.2 Å². The standard InChI is InChI=1S/C19H28N2O5/c1-19(2,3)26-18(24)20-15(11-12-16(22)21(4)5)17(23)25-13-14-9-7-6-8-10-14/h6-10,15H,11-13H2,1-5H3,(H,20,24)/t15-/m1/s1. The van der Waals surface area contributed by atoms with Crippen LogP contribution in [0.3, 0.4) is 0 Å². The Labute approximate surface area is 154 Å². The number of rotatable bonds is 7. The van der Waals surface area contributed by atoms with Gasteiger partial charge in [-0.3, -0.25) is 4.79 Å². The van der Waals surface area contributed by atoms with Crippen LogP contribution in [0.4, 0.5) is 4.79 Å². The molecule has 1 rings (SSSR count). The van der Waals surface area contributed by atoms with Gasteiger partial charge in [0.05, 0.1) is 0 Å². The highest BCUT2D eigenvalue weighted by molar-refractivity contribution is 5.83. The fourth-order valence-electron chi connectivity index (χ4n) is 2.02. The maximum Gasteiger partial charge on any atom is 0.408 e. The quantitative estimate of drug-likeness (QED) is 0.752. The Morgan fingerprint density at radius 2 is 1.73 bits per heavy atom. The molecular formula is C19H28N2O5. The molecule has 0 radical (unpaired) electrons. The van der Waals surface area contributed by atoms with Crippen LogP contribution in [0, 0.1) is 0 Å². The summed E-state index contributed by atoms with van der Waals surface area (Å²) in [6.45, 7) is 5.27. The van der Waals surface area contributed by atoms with Crippen molar-refractivity contribution in [1.82, 2.24) is 10.2 Å². The van der Waals surface area contributed by atoms with Crippen LogP contribution in [0.15, 0.2) is 30.3 Å². The van der Waals surface area contributed by atoms with E-state index >= 15 is 0 Å². The molecule has 0 aliphatic carbocycles. The van der Waals surface area contributed by atoms with E-state index in [-0.39, 0.29) is 25.4 Å². The molecule has 0 aliphatic heterocycles. The summed E-state index contributed by atoms with van der Waals surface area (Å²) in [4.78, 5) is 37.6. The number of esters is 1. The minimum atomic E-state index is -0.961. The number of alkyl carbamates (subject to hydrolysis) is 1. The lowest BCUT2D eigenvalue weighted by Crippen LogP contribution is -2.44. The van der Waals surface area contributed by atoms with Gasteiger partial charge in [-0.2, -0.15) is 0 Å². The monoisotopic (exact) mass is 364 g/mol. The Bertz CT molecular complexity index is 608. The summed E-state index contributed by atoms with van der Waals surface area (Å²) in [6.07, 6.45) is -0.492. The molecule has 0 aromatic heterocycles. The van der Waals surface area contributed by atoms with Gasteiger partial charge in [-0.05, 0) is 32.8 Å². The predicted molar refractivity (Wildman–Crippen MR) is 97.3 cm³/mol. The minimum absolute atomic E-state index is 0.0911. The molecule has 0 saturated carbocycles. The second kappa shape index (κ2) is 9.79. The average Bonchev–Trinajstić information content (AvgIpc) is 2.55. The van der Waals surface area contributed by atoms with Crippen LogP contribution >= 0.6 is 0 Å². The highest BCUT2D eigenvalue weighted by atomic mass is 16.6. The van der Waals surface area contributed by atoms with E-state index in [2.05, 4.69) is 5.32 Å². The molecule has 1 aromatic carbocycles. The number of hydrogen-bond acceptors (Lipinski definition) is 5. The van der Waals surface area contributed by atoms with Gasteiger partial charge >= 0.3 is 12.1 Å². The van der Waals surface area contributed by atoms with Crippen molar-refractivity contribution in [2.24, 2.45) is 0 Å². The summed E-state index contributed by atoms with van der Waals surface area (Å²) >= 11 is 0. The first kappa shape index (κ1) is 21.5. The Morgan fingerprint density at radius 1 is 1.12 bits per heavy atom. The first-order chi connectivity index (χ1) is 12.1. The second-order valence-electron chi connectivity index (χ2n) is 7.12. The first-order valence-corrected chi connectivity index (χ1v) is 8.48. The Kier molecular flexibility index (Phi) is 8.09. The molecule has 0 bridgehead atoms. The van der Waals surface area contributed by atoms with Crippen molar-refractivity contribution in [2.45, 2.75) is 51.9 Å². The number of nitrogens with one attached hydrogen (secondary N) is 1. The maximum atomic E-state index is 12.4. The number of amides is 2. The Hall–Kier alpha value is -2.57. The minimum Gasteiger partial charge on any atom is -0.459 e. The summed E-state index contributed by atoms with van der Waals surface area (Å²) in [7, 11) is 3.26. The van der Waals surface area contributed by atoms with E-state index in [0.29, 0.717) is 0 Å². The molecule has 2 amide bonds. The lowest BCUT2D eigenvalue weighted by Gasteiger charge is -2.23. The average molecular weight is 364 g/mol. The number of carbonyl (C=O) groups is 3. The molecule has 26 heavy (non-hydrogen) atoms. The molecule has 0 heterocycles. The third-order valence-corrected chi connectivity index (χ3v) is 3.35. The SMILES string of the molecule is CN(C)C(=O)CC[C@@H](NC(=O)OC(C)(C)C)C(=O)OCc1ccccc1. The molecule has 7 heteroatoms. The second-order valence-corrected chi connectivity index (χ2v) is 7.12. The number of benzene rings is 1. The topological polar surface area (TPSA) is 84.9 Å². The highest BCUT2D eigenvalue weighted by Crippen LogP contribution is 2.10. The van der Waals surface area contributed by atoms with Crippen molar-refractivity contribution >= 4 is 18.0 Å². The van der Waals surface area contributed by atoms with Gasteiger partial charge in [0.15, 0.2) is 0 Å². The fourth-order valence-corrected chi connectivity index (χ4v) is 2.02. The van der Waals surface area contributed by atoms with Gasteiger partial charge in [-0.1, -0.05) is 30.3 Å². The third-order valence-electron chi connectivity index (χ3n) is 3.35. The molecule has 0 aliphatic rings. The van der Waals surface area contributed by atoms with Crippen molar-refractivity contribution in [3.63, 3.8) is 0 Å². The van der Waals surface area contributed by atoms with E-state index in [4.69, 9.17) is 9.47 Å². The van der Waals surface area contributed by atoms with E-state index in [1.807, 2.05) is 30.3 Å². The molecule has 0 spiro atoms. The van der Waals surface area contributed by atoms with Gasteiger partial charge in [0.25, 0.3) is 0 Å². The molecule has 0 fully saturated rings. The van der Waals surface area contributed by atoms with Crippen LogP contribution in [0.1, 0.15) is 39.2 Å². The summed E-state index contributed by atoms with van der Waals surface area (Å²) in [5, 5.41) is 2.50. The summed E-state index contributed by atoms with van der Waals surface area (Å²) in [5.74, 6) is -0.747. The molecule has 1 aromatic rings. The van der Waals surface area contributed by atoms with Crippen LogP contribution in [0.5, 0.6) is 0 Å². The zero-order valence-corrected chi connectivity index (χ0v) is 16.1. The molecule has 7 nitrogen and oxygen atoms in total. The zero-order chi connectivity index (χ0) is 19.7. The number of nitrogens with zero attached hydrogens (tertiary/aromatic N) is 1. The van der Waals surface area contributed by atoms with Gasteiger partial charge in [-0.25, -0.2) is 9.59 Å². The van der Waals surface area contributed by atoms with Gasteiger partial charge in [0, 0.05) is 20.5 Å². The lowest BCUT2D eigenvalue weighted by molar-refractivity contribution is -0.147. The molecule has 144 valence electrons. The smallest absolute Gasteiger partial charge is 0.408 e. The van der Waals surface area contributed by atoms with Crippen molar-refractivity contribution in [2.75, 3.05) is 14.1 Å². The first-order valence-electron chi connectivity index (χ1n) is 8.48.